The van der Waals surface area contributed by atoms with Crippen molar-refractivity contribution in [1.29, 1.82) is 0 Å². The first-order chi connectivity index (χ1) is 32.1. The van der Waals surface area contributed by atoms with E-state index in [4.69, 9.17) is 23.5 Å². The monoisotopic (exact) mass is 926 g/mol. The molecule has 66 heavy (non-hydrogen) atoms. The standard InChI is InChI=1S/C49H66N8O8S/c1-33-28-38-29-37(48(59)55-19-20-57(34(2)31-55)49(60)45(36-8-6-5-7-9-36)52-47(58)35(3)50-4)10-11-42(38)56(33)21-22-61-23-24-62-25-26-63-44-30-40(65-53-44)32-54-17-13-39(14-18-54)64-43-12-16-51-41-15-27-66-46(41)43/h10-12,15-16,27-30,34-36,39,45,50H,5-9,13-14,17-26,31-32H2,1-4H3,(H,52,58)/t34-,35+,45+/m1/s1. The number of ether oxygens (including phenoxy) is 4. The molecule has 16 nitrogen and oxygen atoms in total. The van der Waals surface area contributed by atoms with Crippen LogP contribution in [0.25, 0.3) is 21.1 Å². The van der Waals surface area contributed by atoms with Crippen molar-refractivity contribution in [3.8, 4) is 11.6 Å². The van der Waals surface area contributed by atoms with Gasteiger partial charge in [-0.1, -0.05) is 19.3 Å². The number of benzene rings is 1. The minimum Gasteiger partial charge on any atom is -0.489 e. The highest BCUT2D eigenvalue weighted by molar-refractivity contribution is 7.17. The molecule has 1 saturated carbocycles. The third-order valence-corrected chi connectivity index (χ3v) is 14.3. The molecule has 0 radical (unpaired) electrons. The molecule has 0 unspecified atom stereocenters. The van der Waals surface area contributed by atoms with Gasteiger partial charge in [0.15, 0.2) is 5.76 Å². The van der Waals surface area contributed by atoms with Crippen molar-refractivity contribution in [1.82, 2.24) is 40.0 Å². The molecule has 356 valence electrons. The van der Waals surface area contributed by atoms with Gasteiger partial charge < -0.3 is 48.5 Å². The highest BCUT2D eigenvalue weighted by Gasteiger charge is 2.38. The van der Waals surface area contributed by atoms with Crippen LogP contribution in [0.3, 0.4) is 0 Å². The van der Waals surface area contributed by atoms with Crippen molar-refractivity contribution in [2.24, 2.45) is 5.92 Å². The lowest BCUT2D eigenvalue weighted by Gasteiger charge is -2.43. The van der Waals surface area contributed by atoms with Crippen LogP contribution < -0.4 is 20.1 Å². The van der Waals surface area contributed by atoms with Gasteiger partial charge in [-0.2, -0.15) is 0 Å². The average molecular weight is 927 g/mol. The number of nitrogens with zero attached hydrogens (tertiary/aromatic N) is 6. The van der Waals surface area contributed by atoms with Crippen LogP contribution in [0.4, 0.5) is 0 Å². The van der Waals surface area contributed by atoms with E-state index in [-0.39, 0.29) is 35.8 Å². The molecule has 6 heterocycles. The lowest BCUT2D eigenvalue weighted by atomic mass is 9.83. The number of pyridine rings is 1. The number of fused-ring (bicyclic) bond motifs is 2. The van der Waals surface area contributed by atoms with Gasteiger partial charge in [-0.15, -0.1) is 11.3 Å². The average Bonchev–Trinajstić information content (AvgIpc) is 4.09. The van der Waals surface area contributed by atoms with Crippen LogP contribution in [-0.4, -0.2) is 144 Å². The van der Waals surface area contributed by atoms with E-state index in [0.29, 0.717) is 77.2 Å². The van der Waals surface area contributed by atoms with Crippen molar-refractivity contribution < 1.29 is 37.9 Å². The van der Waals surface area contributed by atoms with Crippen molar-refractivity contribution in [3.63, 3.8) is 0 Å². The first kappa shape index (κ1) is 47.4. The van der Waals surface area contributed by atoms with E-state index in [9.17, 15) is 14.4 Å². The van der Waals surface area contributed by atoms with Crippen molar-refractivity contribution in [2.75, 3.05) is 72.8 Å². The highest BCUT2D eigenvalue weighted by atomic mass is 32.1. The van der Waals surface area contributed by atoms with Crippen LogP contribution in [0, 0.1) is 12.8 Å². The molecule has 3 fully saturated rings. The molecule has 5 aromatic rings. The molecule has 1 aromatic carbocycles. The van der Waals surface area contributed by atoms with Crippen LogP contribution in [0.2, 0.25) is 0 Å². The number of aromatic nitrogens is 3. The second kappa shape index (κ2) is 22.6. The summed E-state index contributed by atoms with van der Waals surface area (Å²) < 4.78 is 32.7. The van der Waals surface area contributed by atoms with Crippen LogP contribution in [-0.2, 0) is 32.2 Å². The van der Waals surface area contributed by atoms with Gasteiger partial charge in [0.2, 0.25) is 11.8 Å². The smallest absolute Gasteiger partial charge is 0.254 e. The second-order valence-electron chi connectivity index (χ2n) is 18.0. The number of carbonyl (C=O) groups is 3. The Bertz CT molecular complexity index is 2390. The zero-order chi connectivity index (χ0) is 46.0. The molecule has 3 atom stereocenters. The van der Waals surface area contributed by atoms with Crippen molar-refractivity contribution in [3.05, 3.63) is 71.1 Å². The lowest BCUT2D eigenvalue weighted by Crippen LogP contribution is -2.62. The van der Waals surface area contributed by atoms with Crippen LogP contribution in [0.5, 0.6) is 11.6 Å². The molecule has 17 heteroatoms. The van der Waals surface area contributed by atoms with Crippen molar-refractivity contribution >= 4 is 50.2 Å². The Morgan fingerprint density at radius 2 is 1.71 bits per heavy atom. The van der Waals surface area contributed by atoms with E-state index >= 15 is 0 Å². The van der Waals surface area contributed by atoms with E-state index < -0.39 is 12.1 Å². The number of rotatable bonds is 20. The third-order valence-electron chi connectivity index (χ3n) is 13.4. The number of likely N-dealkylation sites (N-methyl/N-ethyl adjacent to an activating group) is 1. The number of hydrogen-bond acceptors (Lipinski definition) is 13. The predicted molar refractivity (Wildman–Crippen MR) is 253 cm³/mol. The summed E-state index contributed by atoms with van der Waals surface area (Å²) in [6.07, 6.45) is 9.03. The van der Waals surface area contributed by atoms with Crippen LogP contribution in [0.1, 0.15) is 80.6 Å². The molecule has 3 aliphatic rings. The number of nitrogens with one attached hydrogen (secondary N) is 2. The lowest BCUT2D eigenvalue weighted by molar-refractivity contribution is -0.142. The number of aryl methyl sites for hydroxylation is 1. The van der Waals surface area contributed by atoms with Gasteiger partial charge in [0.05, 0.1) is 49.2 Å². The number of piperazine rings is 1. The zero-order valence-electron chi connectivity index (χ0n) is 38.9. The Morgan fingerprint density at radius 3 is 2.50 bits per heavy atom. The molecule has 1 aliphatic carbocycles. The molecule has 0 bridgehead atoms. The number of thiophene rings is 1. The summed E-state index contributed by atoms with van der Waals surface area (Å²) in [6.45, 7) is 12.5. The summed E-state index contributed by atoms with van der Waals surface area (Å²) in [5, 5.41) is 13.2. The van der Waals surface area contributed by atoms with E-state index in [2.05, 4.69) is 43.2 Å². The first-order valence-corrected chi connectivity index (χ1v) is 24.7. The SMILES string of the molecule is CN[C@@H](C)C(=O)N[C@H](C(=O)N1CCN(C(=O)c2ccc3c(c2)cc(C)n3CCOCCOCCOc2cc(CN3CCC(Oc4ccnc5ccsc45)CC3)on2)C[C@H]1C)C1CCCCC1. The molecule has 4 aromatic heterocycles. The molecular formula is C49H66N8O8S. The largest absolute Gasteiger partial charge is 0.489 e. The maximum atomic E-state index is 14.0. The maximum absolute atomic E-state index is 14.0. The zero-order valence-corrected chi connectivity index (χ0v) is 39.7. The van der Waals surface area contributed by atoms with Gasteiger partial charge in [0, 0.05) is 79.7 Å². The highest BCUT2D eigenvalue weighted by Crippen LogP contribution is 2.32. The molecule has 3 amide bonds. The van der Waals surface area contributed by atoms with E-state index in [1.165, 1.54) is 0 Å². The molecule has 2 aliphatic heterocycles. The van der Waals surface area contributed by atoms with Crippen LogP contribution in [0.15, 0.2) is 58.6 Å². The number of carbonyl (C=O) groups excluding carboxylic acids is 3. The fourth-order valence-electron chi connectivity index (χ4n) is 9.57. The van der Waals surface area contributed by atoms with Gasteiger partial charge in [0.1, 0.15) is 24.5 Å². The Hall–Kier alpha value is -5.07. The minimum atomic E-state index is -0.553. The Labute approximate surface area is 391 Å². The van der Waals surface area contributed by atoms with Gasteiger partial charge in [0.25, 0.3) is 11.8 Å². The Morgan fingerprint density at radius 1 is 0.924 bits per heavy atom. The van der Waals surface area contributed by atoms with Gasteiger partial charge >= 0.3 is 0 Å². The summed E-state index contributed by atoms with van der Waals surface area (Å²) in [7, 11) is 1.74. The topological polar surface area (TPSA) is 166 Å². The fraction of sp³-hybridized carbons (Fsp3) is 0.571. The Balaban J connectivity index is 0.712. The third kappa shape index (κ3) is 11.7. The maximum Gasteiger partial charge on any atom is 0.254 e. The number of amides is 3. The summed E-state index contributed by atoms with van der Waals surface area (Å²) in [4.78, 5) is 51.3. The fourth-order valence-corrected chi connectivity index (χ4v) is 10.4. The second-order valence-corrected chi connectivity index (χ2v) is 18.9. The van der Waals surface area contributed by atoms with E-state index in [0.717, 1.165) is 96.4 Å². The van der Waals surface area contributed by atoms with E-state index in [1.807, 2.05) is 64.7 Å². The molecule has 0 spiro atoms. The van der Waals surface area contributed by atoms with E-state index in [1.54, 1.807) is 25.3 Å². The quantitative estimate of drug-likeness (QED) is 0.0871. The van der Waals surface area contributed by atoms with Gasteiger partial charge in [-0.3, -0.25) is 24.3 Å². The number of likely N-dealkylation sites (tertiary alicyclic amines) is 1. The normalized spacial score (nSPS) is 18.8. The predicted octanol–water partition coefficient (Wildman–Crippen LogP) is 6.05. The number of piperidine rings is 1. The molecule has 2 N–H and O–H groups in total. The summed E-state index contributed by atoms with van der Waals surface area (Å²) >= 11 is 1.66. The van der Waals surface area contributed by atoms with Gasteiger partial charge in [-0.05, 0) is 106 Å². The molecule has 8 rings (SSSR count). The Kier molecular flexibility index (Phi) is 16.3. The van der Waals surface area contributed by atoms with Crippen LogP contribution >= 0.6 is 11.3 Å². The van der Waals surface area contributed by atoms with Gasteiger partial charge in [-0.25, -0.2) is 0 Å². The first-order valence-electron chi connectivity index (χ1n) is 23.8. The van der Waals surface area contributed by atoms with Crippen molar-refractivity contribution in [2.45, 2.75) is 103 Å². The minimum absolute atomic E-state index is 0.0386. The molecule has 2 saturated heterocycles. The number of hydrogen-bond donors (Lipinski definition) is 2. The summed E-state index contributed by atoms with van der Waals surface area (Å²) in [5.74, 6) is 2.02. The molecular weight excluding hydrogens is 861 g/mol. The summed E-state index contributed by atoms with van der Waals surface area (Å²) in [5.41, 5.74) is 3.74. The summed E-state index contributed by atoms with van der Waals surface area (Å²) in [6, 6.07) is 12.7.